The number of rotatable bonds is 6. The van der Waals surface area contributed by atoms with Gasteiger partial charge in [0.2, 0.25) is 5.91 Å². The Morgan fingerprint density at radius 1 is 1.42 bits per heavy atom. The van der Waals surface area contributed by atoms with Gasteiger partial charge in [-0.15, -0.1) is 11.3 Å². The Kier molecular flexibility index (Phi) is 5.03. The number of thiazole rings is 1. The van der Waals surface area contributed by atoms with Crippen LogP contribution in [0.3, 0.4) is 0 Å². The van der Waals surface area contributed by atoms with Crippen molar-refractivity contribution in [2.45, 2.75) is 26.2 Å². The number of hydrogen-bond donors (Lipinski definition) is 1. The lowest BCUT2D eigenvalue weighted by Crippen LogP contribution is -2.25. The number of aromatic nitrogens is 2. The number of aryl methyl sites for hydroxylation is 2. The van der Waals surface area contributed by atoms with Crippen LogP contribution in [0, 0.1) is 6.92 Å². The minimum atomic E-state index is 0.0807. The molecule has 2 heterocycles. The maximum atomic E-state index is 11.7. The molecule has 2 rings (SSSR count). The third-order valence-electron chi connectivity index (χ3n) is 2.69. The minimum Gasteiger partial charge on any atom is -0.356 e. The number of hydrogen-bond acceptors (Lipinski definition) is 4. The molecule has 0 bridgehead atoms. The lowest BCUT2D eigenvalue weighted by atomic mass is 10.1. The van der Waals surface area contributed by atoms with Crippen LogP contribution in [-0.2, 0) is 17.6 Å². The fourth-order valence-corrected chi connectivity index (χ4v) is 2.49. The van der Waals surface area contributed by atoms with Gasteiger partial charge in [0.05, 0.1) is 5.01 Å². The van der Waals surface area contributed by atoms with Gasteiger partial charge in [0, 0.05) is 42.9 Å². The summed E-state index contributed by atoms with van der Waals surface area (Å²) >= 11 is 1.64. The number of amides is 1. The molecule has 0 atom stereocenters. The normalized spacial score (nSPS) is 10.4. The van der Waals surface area contributed by atoms with Crippen molar-refractivity contribution < 1.29 is 4.79 Å². The third kappa shape index (κ3) is 4.79. The second kappa shape index (κ2) is 6.99. The Labute approximate surface area is 116 Å². The molecule has 0 fully saturated rings. The lowest BCUT2D eigenvalue weighted by molar-refractivity contribution is -0.121. The SMILES string of the molecule is Cc1csc(CCNC(=O)CCc2cccnc2)n1. The largest absolute Gasteiger partial charge is 0.356 e. The van der Waals surface area contributed by atoms with E-state index in [4.69, 9.17) is 0 Å². The van der Waals surface area contributed by atoms with Crippen molar-refractivity contribution in [3.63, 3.8) is 0 Å². The van der Waals surface area contributed by atoms with Crippen molar-refractivity contribution in [2.75, 3.05) is 6.54 Å². The minimum absolute atomic E-state index is 0.0807. The highest BCUT2D eigenvalue weighted by atomic mass is 32.1. The number of nitrogens with one attached hydrogen (secondary N) is 1. The van der Waals surface area contributed by atoms with Crippen molar-refractivity contribution >= 4 is 17.2 Å². The summed E-state index contributed by atoms with van der Waals surface area (Å²) in [6.07, 6.45) is 5.57. The fourth-order valence-electron chi connectivity index (χ4n) is 1.72. The standard InChI is InChI=1S/C14H17N3OS/c1-11-10-19-14(17-11)6-8-16-13(18)5-4-12-3-2-7-15-9-12/h2-3,7,9-10H,4-6,8H2,1H3,(H,16,18). The first-order chi connectivity index (χ1) is 9.24. The van der Waals surface area contributed by atoms with E-state index in [2.05, 4.69) is 15.3 Å². The number of carbonyl (C=O) groups is 1. The predicted octanol–water partition coefficient (Wildman–Crippen LogP) is 2.14. The van der Waals surface area contributed by atoms with Crippen LogP contribution >= 0.6 is 11.3 Å². The van der Waals surface area contributed by atoms with Gasteiger partial charge >= 0.3 is 0 Å². The second-order valence-corrected chi connectivity index (χ2v) is 5.29. The molecule has 0 aromatic carbocycles. The molecular formula is C14H17N3OS. The highest BCUT2D eigenvalue weighted by Gasteiger charge is 2.03. The van der Waals surface area contributed by atoms with Crippen LogP contribution in [-0.4, -0.2) is 22.4 Å². The molecule has 0 spiro atoms. The van der Waals surface area contributed by atoms with Crippen molar-refractivity contribution in [3.8, 4) is 0 Å². The van der Waals surface area contributed by atoms with Crippen molar-refractivity contribution in [1.29, 1.82) is 0 Å². The summed E-state index contributed by atoms with van der Waals surface area (Å²) in [5.74, 6) is 0.0807. The van der Waals surface area contributed by atoms with Gasteiger partial charge in [-0.25, -0.2) is 4.98 Å². The second-order valence-electron chi connectivity index (χ2n) is 4.34. The highest BCUT2D eigenvalue weighted by molar-refractivity contribution is 7.09. The van der Waals surface area contributed by atoms with Gasteiger partial charge in [0.15, 0.2) is 0 Å². The van der Waals surface area contributed by atoms with E-state index in [0.717, 1.165) is 29.1 Å². The number of nitrogens with zero attached hydrogens (tertiary/aromatic N) is 2. The molecule has 1 N–H and O–H groups in total. The summed E-state index contributed by atoms with van der Waals surface area (Å²) in [5, 5.41) is 6.02. The Balaban J connectivity index is 1.65. The molecule has 100 valence electrons. The van der Waals surface area contributed by atoms with Gasteiger partial charge in [-0.05, 0) is 25.0 Å². The summed E-state index contributed by atoms with van der Waals surface area (Å²) in [4.78, 5) is 20.1. The van der Waals surface area contributed by atoms with Crippen molar-refractivity contribution in [2.24, 2.45) is 0 Å². The van der Waals surface area contributed by atoms with E-state index in [1.807, 2.05) is 24.4 Å². The first-order valence-corrected chi connectivity index (χ1v) is 7.18. The Morgan fingerprint density at radius 3 is 3.00 bits per heavy atom. The van der Waals surface area contributed by atoms with E-state index < -0.39 is 0 Å². The van der Waals surface area contributed by atoms with Gasteiger partial charge in [0.25, 0.3) is 0 Å². The van der Waals surface area contributed by atoms with Gasteiger partial charge in [-0.2, -0.15) is 0 Å². The topological polar surface area (TPSA) is 54.9 Å². The average molecular weight is 275 g/mol. The van der Waals surface area contributed by atoms with Gasteiger partial charge < -0.3 is 5.32 Å². The summed E-state index contributed by atoms with van der Waals surface area (Å²) in [6.45, 7) is 2.63. The fraction of sp³-hybridized carbons (Fsp3) is 0.357. The molecule has 0 saturated carbocycles. The van der Waals surface area contributed by atoms with E-state index in [-0.39, 0.29) is 5.91 Å². The molecule has 0 aliphatic carbocycles. The summed E-state index contributed by atoms with van der Waals surface area (Å²) in [7, 11) is 0. The van der Waals surface area contributed by atoms with Crippen LogP contribution in [0.2, 0.25) is 0 Å². The van der Waals surface area contributed by atoms with Crippen molar-refractivity contribution in [3.05, 3.63) is 46.2 Å². The molecular weight excluding hydrogens is 258 g/mol. The average Bonchev–Trinajstić information content (AvgIpc) is 2.83. The van der Waals surface area contributed by atoms with Crippen LogP contribution in [0.4, 0.5) is 0 Å². The predicted molar refractivity (Wildman–Crippen MR) is 76.1 cm³/mol. The first kappa shape index (κ1) is 13.7. The molecule has 0 saturated heterocycles. The molecule has 0 radical (unpaired) electrons. The first-order valence-electron chi connectivity index (χ1n) is 6.30. The molecule has 1 amide bonds. The van der Waals surface area contributed by atoms with Crippen molar-refractivity contribution in [1.82, 2.24) is 15.3 Å². The number of pyridine rings is 1. The smallest absolute Gasteiger partial charge is 0.220 e. The molecule has 2 aromatic rings. The molecule has 0 aliphatic rings. The van der Waals surface area contributed by atoms with E-state index in [1.54, 1.807) is 23.7 Å². The molecule has 2 aromatic heterocycles. The van der Waals surface area contributed by atoms with E-state index in [0.29, 0.717) is 13.0 Å². The van der Waals surface area contributed by atoms with E-state index >= 15 is 0 Å². The maximum absolute atomic E-state index is 11.7. The van der Waals surface area contributed by atoms with Gasteiger partial charge in [-0.1, -0.05) is 6.07 Å². The Hall–Kier alpha value is -1.75. The maximum Gasteiger partial charge on any atom is 0.220 e. The lowest BCUT2D eigenvalue weighted by Gasteiger charge is -2.03. The highest BCUT2D eigenvalue weighted by Crippen LogP contribution is 2.08. The van der Waals surface area contributed by atoms with Crippen LogP contribution < -0.4 is 5.32 Å². The third-order valence-corrected chi connectivity index (χ3v) is 3.72. The van der Waals surface area contributed by atoms with Crippen LogP contribution in [0.5, 0.6) is 0 Å². The Morgan fingerprint density at radius 2 is 2.32 bits per heavy atom. The zero-order valence-corrected chi connectivity index (χ0v) is 11.7. The summed E-state index contributed by atoms with van der Waals surface area (Å²) in [5.41, 5.74) is 2.14. The van der Waals surface area contributed by atoms with Crippen LogP contribution in [0.15, 0.2) is 29.9 Å². The summed E-state index contributed by atoms with van der Waals surface area (Å²) < 4.78 is 0. The quantitative estimate of drug-likeness (QED) is 0.878. The monoisotopic (exact) mass is 275 g/mol. The summed E-state index contributed by atoms with van der Waals surface area (Å²) in [6, 6.07) is 3.87. The van der Waals surface area contributed by atoms with Crippen LogP contribution in [0.25, 0.3) is 0 Å². The van der Waals surface area contributed by atoms with Crippen LogP contribution in [0.1, 0.15) is 22.7 Å². The number of carbonyl (C=O) groups excluding carboxylic acids is 1. The molecule has 19 heavy (non-hydrogen) atoms. The van der Waals surface area contributed by atoms with Gasteiger partial charge in [-0.3, -0.25) is 9.78 Å². The van der Waals surface area contributed by atoms with Gasteiger partial charge in [0.1, 0.15) is 0 Å². The molecule has 5 heteroatoms. The molecule has 4 nitrogen and oxygen atoms in total. The Bertz CT molecular complexity index is 524. The zero-order chi connectivity index (χ0) is 13.5. The van der Waals surface area contributed by atoms with E-state index in [9.17, 15) is 4.79 Å². The molecule has 0 unspecified atom stereocenters. The van der Waals surface area contributed by atoms with E-state index in [1.165, 1.54) is 0 Å². The molecule has 0 aliphatic heterocycles. The zero-order valence-electron chi connectivity index (χ0n) is 10.9.